The van der Waals surface area contributed by atoms with E-state index in [0.29, 0.717) is 17.1 Å². The van der Waals surface area contributed by atoms with Crippen LogP contribution in [0.3, 0.4) is 0 Å². The van der Waals surface area contributed by atoms with Gasteiger partial charge >= 0.3 is 0 Å². The van der Waals surface area contributed by atoms with E-state index in [0.717, 1.165) is 16.9 Å². The minimum Gasteiger partial charge on any atom is -0.382 e. The Morgan fingerprint density at radius 1 is 1.27 bits per heavy atom. The zero-order chi connectivity index (χ0) is 11.2. The highest BCUT2D eigenvalue weighted by Crippen LogP contribution is 2.19. The number of aryl methyl sites for hydroxylation is 3. The van der Waals surface area contributed by atoms with Gasteiger partial charge in [0, 0.05) is 5.56 Å². The number of hydrogen-bond donors (Lipinski definition) is 1. The molecule has 0 saturated carbocycles. The molecule has 2 aromatic rings. The molecular formula is C10H11N5. The first-order valence-corrected chi connectivity index (χ1v) is 4.58. The van der Waals surface area contributed by atoms with Gasteiger partial charge in [-0.1, -0.05) is 0 Å². The first-order valence-electron chi connectivity index (χ1n) is 4.58. The van der Waals surface area contributed by atoms with Gasteiger partial charge in [-0.2, -0.15) is 14.9 Å². The van der Waals surface area contributed by atoms with Crippen LogP contribution in [-0.2, 0) is 0 Å². The molecule has 5 heteroatoms. The minimum absolute atomic E-state index is 0.358. The molecule has 2 heterocycles. The second-order valence-electron chi connectivity index (χ2n) is 3.52. The number of fused-ring (bicyclic) bond motifs is 1. The molecule has 0 atom stereocenters. The predicted octanol–water partition coefficient (Wildman–Crippen LogP) is 1.11. The van der Waals surface area contributed by atoms with Gasteiger partial charge in [-0.05, 0) is 20.8 Å². The van der Waals surface area contributed by atoms with E-state index in [2.05, 4.69) is 10.1 Å². The van der Waals surface area contributed by atoms with E-state index in [1.807, 2.05) is 19.9 Å². The summed E-state index contributed by atoms with van der Waals surface area (Å²) < 4.78 is 1.52. The first kappa shape index (κ1) is 9.46. The van der Waals surface area contributed by atoms with Crippen LogP contribution in [0.25, 0.3) is 5.65 Å². The van der Waals surface area contributed by atoms with E-state index in [1.54, 1.807) is 6.92 Å². The molecule has 0 fully saturated rings. The monoisotopic (exact) mass is 201 g/mol. The Morgan fingerprint density at radius 2 is 1.93 bits per heavy atom. The van der Waals surface area contributed by atoms with Gasteiger partial charge in [0.1, 0.15) is 17.5 Å². The van der Waals surface area contributed by atoms with Gasteiger partial charge < -0.3 is 5.73 Å². The van der Waals surface area contributed by atoms with Crippen LogP contribution in [-0.4, -0.2) is 14.6 Å². The highest BCUT2D eigenvalue weighted by atomic mass is 15.3. The lowest BCUT2D eigenvalue weighted by Crippen LogP contribution is -2.06. The van der Waals surface area contributed by atoms with Crippen molar-refractivity contribution in [3.63, 3.8) is 0 Å². The van der Waals surface area contributed by atoms with Crippen molar-refractivity contribution < 1.29 is 0 Å². The molecule has 0 radical (unpaired) electrons. The Labute approximate surface area is 87.1 Å². The van der Waals surface area contributed by atoms with E-state index in [1.165, 1.54) is 4.52 Å². The van der Waals surface area contributed by atoms with Crippen LogP contribution in [0.1, 0.15) is 22.5 Å². The highest BCUT2D eigenvalue weighted by molar-refractivity contribution is 5.61. The zero-order valence-corrected chi connectivity index (χ0v) is 8.87. The Bertz CT molecular complexity index is 588. The molecule has 0 aliphatic rings. The lowest BCUT2D eigenvalue weighted by Gasteiger charge is -2.03. The van der Waals surface area contributed by atoms with Crippen molar-refractivity contribution in [2.45, 2.75) is 20.8 Å². The van der Waals surface area contributed by atoms with Crippen molar-refractivity contribution in [2.24, 2.45) is 0 Å². The molecule has 0 aliphatic heterocycles. The Kier molecular flexibility index (Phi) is 1.86. The van der Waals surface area contributed by atoms with Gasteiger partial charge in [-0.25, -0.2) is 4.98 Å². The van der Waals surface area contributed by atoms with Gasteiger partial charge in [0.15, 0.2) is 5.65 Å². The second kappa shape index (κ2) is 2.95. The molecular weight excluding hydrogens is 190 g/mol. The molecule has 5 nitrogen and oxygen atoms in total. The SMILES string of the molecule is Cc1nc2c(C)c(C)nn2c(N)c1C#N. The number of rotatable bonds is 0. The van der Waals surface area contributed by atoms with Crippen LogP contribution in [0, 0.1) is 32.1 Å². The third-order valence-corrected chi connectivity index (χ3v) is 2.56. The largest absolute Gasteiger partial charge is 0.382 e. The fourth-order valence-electron chi connectivity index (χ4n) is 1.54. The van der Waals surface area contributed by atoms with Gasteiger partial charge in [0.05, 0.1) is 11.4 Å². The number of aromatic nitrogens is 3. The van der Waals surface area contributed by atoms with Crippen molar-refractivity contribution in [3.05, 3.63) is 22.5 Å². The van der Waals surface area contributed by atoms with E-state index in [-0.39, 0.29) is 0 Å². The molecule has 0 spiro atoms. The lowest BCUT2D eigenvalue weighted by molar-refractivity contribution is 0.917. The molecule has 0 unspecified atom stereocenters. The third kappa shape index (κ3) is 1.15. The average molecular weight is 201 g/mol. The van der Waals surface area contributed by atoms with E-state index >= 15 is 0 Å². The summed E-state index contributed by atoms with van der Waals surface area (Å²) in [5.41, 5.74) is 9.48. The van der Waals surface area contributed by atoms with Crippen molar-refractivity contribution in [3.8, 4) is 6.07 Å². The van der Waals surface area contributed by atoms with Crippen molar-refractivity contribution in [2.75, 3.05) is 5.73 Å². The minimum atomic E-state index is 0.358. The molecule has 0 aromatic carbocycles. The highest BCUT2D eigenvalue weighted by Gasteiger charge is 2.14. The average Bonchev–Trinajstić information content (AvgIpc) is 2.46. The van der Waals surface area contributed by atoms with Crippen LogP contribution in [0.2, 0.25) is 0 Å². The molecule has 76 valence electrons. The lowest BCUT2D eigenvalue weighted by atomic mass is 10.2. The molecule has 2 aromatic heterocycles. The predicted molar refractivity (Wildman–Crippen MR) is 56.3 cm³/mol. The smallest absolute Gasteiger partial charge is 0.160 e. The van der Waals surface area contributed by atoms with Gasteiger partial charge in [-0.15, -0.1) is 0 Å². The summed E-state index contributed by atoms with van der Waals surface area (Å²) in [7, 11) is 0. The van der Waals surface area contributed by atoms with E-state index in [9.17, 15) is 0 Å². The van der Waals surface area contributed by atoms with Crippen LogP contribution in [0.4, 0.5) is 5.82 Å². The Morgan fingerprint density at radius 3 is 2.53 bits per heavy atom. The van der Waals surface area contributed by atoms with Crippen molar-refractivity contribution in [1.29, 1.82) is 5.26 Å². The van der Waals surface area contributed by atoms with Gasteiger partial charge in [-0.3, -0.25) is 0 Å². The number of nitriles is 1. The quantitative estimate of drug-likeness (QED) is 0.692. The Hall–Kier alpha value is -2.09. The molecule has 15 heavy (non-hydrogen) atoms. The maximum atomic E-state index is 8.92. The molecule has 0 saturated heterocycles. The van der Waals surface area contributed by atoms with Crippen LogP contribution in [0.5, 0.6) is 0 Å². The number of hydrogen-bond acceptors (Lipinski definition) is 4. The van der Waals surface area contributed by atoms with Crippen molar-refractivity contribution in [1.82, 2.24) is 14.6 Å². The van der Waals surface area contributed by atoms with Crippen LogP contribution in [0.15, 0.2) is 0 Å². The third-order valence-electron chi connectivity index (χ3n) is 2.56. The summed E-state index contributed by atoms with van der Waals surface area (Å²) in [6, 6.07) is 2.04. The standard InChI is InChI=1S/C10H11N5/c1-5-6(2)14-15-9(12)8(4-11)7(3)13-10(5)15/h12H2,1-3H3. The first-order chi connectivity index (χ1) is 7.06. The summed E-state index contributed by atoms with van der Waals surface area (Å²) >= 11 is 0. The maximum absolute atomic E-state index is 8.92. The second-order valence-corrected chi connectivity index (χ2v) is 3.52. The molecule has 0 amide bonds. The number of nitrogen functional groups attached to an aromatic ring is 1. The van der Waals surface area contributed by atoms with Crippen molar-refractivity contribution >= 4 is 11.5 Å². The Balaban J connectivity index is 2.99. The molecule has 0 bridgehead atoms. The summed E-state index contributed by atoms with van der Waals surface area (Å²) in [5, 5.41) is 13.2. The molecule has 0 aliphatic carbocycles. The maximum Gasteiger partial charge on any atom is 0.160 e. The van der Waals surface area contributed by atoms with Crippen LogP contribution < -0.4 is 5.73 Å². The number of anilines is 1. The zero-order valence-electron chi connectivity index (χ0n) is 8.87. The van der Waals surface area contributed by atoms with Crippen LogP contribution >= 0.6 is 0 Å². The number of nitrogens with zero attached hydrogens (tertiary/aromatic N) is 4. The van der Waals surface area contributed by atoms with Gasteiger partial charge in [0.2, 0.25) is 0 Å². The molecule has 2 N–H and O–H groups in total. The fraction of sp³-hybridized carbons (Fsp3) is 0.300. The summed E-state index contributed by atoms with van der Waals surface area (Å²) in [6.07, 6.45) is 0. The summed E-state index contributed by atoms with van der Waals surface area (Å²) in [5.74, 6) is 0.358. The van der Waals surface area contributed by atoms with Gasteiger partial charge in [0.25, 0.3) is 0 Å². The van der Waals surface area contributed by atoms with E-state index in [4.69, 9.17) is 11.0 Å². The normalized spacial score (nSPS) is 10.5. The molecule has 2 rings (SSSR count). The van der Waals surface area contributed by atoms with E-state index < -0.39 is 0 Å². The summed E-state index contributed by atoms with van der Waals surface area (Å²) in [6.45, 7) is 5.61. The number of nitrogens with two attached hydrogens (primary N) is 1. The topological polar surface area (TPSA) is 80.0 Å². The summed E-state index contributed by atoms with van der Waals surface area (Å²) in [4.78, 5) is 4.33. The fourth-order valence-corrected chi connectivity index (χ4v) is 1.54.